The van der Waals surface area contributed by atoms with Gasteiger partial charge in [-0.05, 0) is 12.1 Å². The van der Waals surface area contributed by atoms with Gasteiger partial charge in [0.25, 0.3) is 5.69 Å². The van der Waals surface area contributed by atoms with Crippen LogP contribution < -0.4 is 5.73 Å². The zero-order valence-electron chi connectivity index (χ0n) is 5.94. The second kappa shape index (κ2) is 2.88. The molecule has 0 heterocycles. The van der Waals surface area contributed by atoms with Crippen LogP contribution in [0.2, 0.25) is 0 Å². The highest BCUT2D eigenvalue weighted by Gasteiger charge is 2.11. The predicted octanol–water partition coefficient (Wildman–Crippen LogP) is 1.38. The summed E-state index contributed by atoms with van der Waals surface area (Å²) in [5.74, 6) is 0. The lowest BCUT2D eigenvalue weighted by atomic mass is 10.2. The number of nitro groups is 1. The van der Waals surface area contributed by atoms with Crippen molar-refractivity contribution >= 4 is 11.4 Å². The van der Waals surface area contributed by atoms with Gasteiger partial charge in [0.2, 0.25) is 0 Å². The van der Waals surface area contributed by atoms with Crippen molar-refractivity contribution in [3.05, 3.63) is 33.9 Å². The largest absolute Gasteiger partial charge is 0.295 e. The van der Waals surface area contributed by atoms with E-state index in [0.717, 1.165) is 6.07 Å². The van der Waals surface area contributed by atoms with E-state index in [4.69, 9.17) is 11.0 Å². The molecule has 0 spiro atoms. The van der Waals surface area contributed by atoms with Gasteiger partial charge in [-0.25, -0.2) is 0 Å². The van der Waals surface area contributed by atoms with Gasteiger partial charge in [0.1, 0.15) is 5.69 Å². The minimum Gasteiger partial charge on any atom is -0.294 e. The van der Waals surface area contributed by atoms with E-state index in [1.165, 1.54) is 12.1 Å². The molecule has 0 unspecified atom stereocenters. The van der Waals surface area contributed by atoms with Gasteiger partial charge >= 0.3 is 0 Å². The van der Waals surface area contributed by atoms with Crippen LogP contribution in [0, 0.1) is 21.4 Å². The lowest BCUT2D eigenvalue weighted by molar-refractivity contribution is -0.384. The number of benzene rings is 1. The fraction of sp³-hybridized carbons (Fsp3) is 0. The molecule has 1 radical (unpaired) electrons. The first kappa shape index (κ1) is 8.01. The van der Waals surface area contributed by atoms with Crippen LogP contribution in [-0.2, 0) is 0 Å². The predicted molar refractivity (Wildman–Crippen MR) is 40.6 cm³/mol. The van der Waals surface area contributed by atoms with Crippen LogP contribution in [0.25, 0.3) is 0 Å². The summed E-state index contributed by atoms with van der Waals surface area (Å²) in [6, 6.07) is 5.45. The van der Waals surface area contributed by atoms with Gasteiger partial charge in [0.05, 0.1) is 16.6 Å². The molecule has 1 N–H and O–H groups in total. The first-order chi connectivity index (χ1) is 5.65. The number of hydrogen-bond donors (Lipinski definition) is 0. The topological polar surface area (TPSA) is 90.7 Å². The third-order valence-electron chi connectivity index (χ3n) is 1.32. The van der Waals surface area contributed by atoms with Crippen LogP contribution in [0.1, 0.15) is 5.56 Å². The first-order valence-electron chi connectivity index (χ1n) is 3.05. The van der Waals surface area contributed by atoms with E-state index >= 15 is 0 Å². The van der Waals surface area contributed by atoms with Crippen LogP contribution in [-0.4, -0.2) is 4.92 Å². The molecule has 5 nitrogen and oxygen atoms in total. The van der Waals surface area contributed by atoms with Gasteiger partial charge in [0, 0.05) is 6.07 Å². The number of hydrogen-bond acceptors (Lipinski definition) is 3. The SMILES string of the molecule is N#Cc1ccc([NH])c([N+](=O)[O-])c1. The Morgan fingerprint density at radius 3 is 2.75 bits per heavy atom. The van der Waals surface area contributed by atoms with E-state index in [9.17, 15) is 10.1 Å². The molecule has 0 saturated carbocycles. The van der Waals surface area contributed by atoms with Crippen LogP contribution >= 0.6 is 0 Å². The molecule has 0 saturated heterocycles. The van der Waals surface area contributed by atoms with Crippen molar-refractivity contribution in [1.82, 2.24) is 5.73 Å². The summed E-state index contributed by atoms with van der Waals surface area (Å²) in [5.41, 5.74) is 6.79. The molecule has 0 fully saturated rings. The monoisotopic (exact) mass is 162 g/mol. The summed E-state index contributed by atoms with van der Waals surface area (Å²) in [4.78, 5) is 9.59. The molecule has 1 aromatic rings. The molecule has 0 aliphatic heterocycles. The standard InChI is InChI=1S/C7H4N3O2/c8-4-5-1-2-6(9)7(3-5)10(11)12/h1-3,9H. The summed E-state index contributed by atoms with van der Waals surface area (Å²) in [6.07, 6.45) is 0. The molecule has 5 heteroatoms. The van der Waals surface area contributed by atoms with Crippen molar-refractivity contribution in [2.24, 2.45) is 0 Å². The third kappa shape index (κ3) is 1.32. The number of rotatable bonds is 1. The van der Waals surface area contributed by atoms with E-state index in [-0.39, 0.29) is 16.9 Å². The summed E-state index contributed by atoms with van der Waals surface area (Å²) < 4.78 is 0. The Kier molecular flexibility index (Phi) is 1.92. The van der Waals surface area contributed by atoms with Crippen LogP contribution in [0.3, 0.4) is 0 Å². The molecule has 0 bridgehead atoms. The lowest BCUT2D eigenvalue weighted by Crippen LogP contribution is -1.90. The average molecular weight is 162 g/mol. The van der Waals surface area contributed by atoms with E-state index in [0.29, 0.717) is 0 Å². The molecule has 59 valence electrons. The molecule has 1 aromatic carbocycles. The normalized spacial score (nSPS) is 8.92. The van der Waals surface area contributed by atoms with Crippen molar-refractivity contribution in [3.8, 4) is 6.07 Å². The van der Waals surface area contributed by atoms with Gasteiger partial charge in [-0.15, -0.1) is 0 Å². The summed E-state index contributed by atoms with van der Waals surface area (Å²) in [5, 5.41) is 18.7. The zero-order valence-corrected chi connectivity index (χ0v) is 5.94. The molecule has 0 atom stereocenters. The van der Waals surface area contributed by atoms with Crippen molar-refractivity contribution in [2.75, 3.05) is 0 Å². The average Bonchev–Trinajstić information content (AvgIpc) is 2.05. The van der Waals surface area contributed by atoms with Crippen LogP contribution in [0.15, 0.2) is 18.2 Å². The zero-order chi connectivity index (χ0) is 9.14. The Labute approximate surface area is 68.2 Å². The fourth-order valence-corrected chi connectivity index (χ4v) is 0.752. The smallest absolute Gasteiger partial charge is 0.294 e. The number of nitrogens with zero attached hydrogens (tertiary/aromatic N) is 2. The molecular formula is C7H4N3O2. The molecule has 0 aliphatic rings. The second-order valence-electron chi connectivity index (χ2n) is 2.10. The highest BCUT2D eigenvalue weighted by molar-refractivity contribution is 5.58. The van der Waals surface area contributed by atoms with Crippen LogP contribution in [0.5, 0.6) is 0 Å². The van der Waals surface area contributed by atoms with Crippen molar-refractivity contribution in [3.63, 3.8) is 0 Å². The van der Waals surface area contributed by atoms with Gasteiger partial charge in [-0.2, -0.15) is 5.26 Å². The molecule has 0 amide bonds. The number of nitriles is 1. The number of nitrogens with one attached hydrogen (secondary N) is 1. The maximum atomic E-state index is 10.3. The van der Waals surface area contributed by atoms with E-state index < -0.39 is 4.92 Å². The molecule has 0 aromatic heterocycles. The highest BCUT2D eigenvalue weighted by Crippen LogP contribution is 2.22. The Morgan fingerprint density at radius 2 is 2.25 bits per heavy atom. The quantitative estimate of drug-likeness (QED) is 0.461. The van der Waals surface area contributed by atoms with Crippen molar-refractivity contribution in [1.29, 1.82) is 5.26 Å². The first-order valence-corrected chi connectivity index (χ1v) is 3.05. The van der Waals surface area contributed by atoms with Gasteiger partial charge in [0.15, 0.2) is 0 Å². The Morgan fingerprint density at radius 1 is 1.58 bits per heavy atom. The minimum atomic E-state index is -0.677. The summed E-state index contributed by atoms with van der Waals surface area (Å²) in [6.45, 7) is 0. The van der Waals surface area contributed by atoms with Crippen LogP contribution in [0.4, 0.5) is 11.4 Å². The van der Waals surface area contributed by atoms with E-state index in [2.05, 4.69) is 0 Å². The lowest BCUT2D eigenvalue weighted by Gasteiger charge is -1.94. The minimum absolute atomic E-state index is 0.181. The van der Waals surface area contributed by atoms with Crippen molar-refractivity contribution < 1.29 is 4.92 Å². The third-order valence-corrected chi connectivity index (χ3v) is 1.32. The second-order valence-corrected chi connectivity index (χ2v) is 2.10. The van der Waals surface area contributed by atoms with E-state index in [1.807, 2.05) is 0 Å². The Bertz CT molecular complexity index is 367. The molecule has 12 heavy (non-hydrogen) atoms. The molecule has 0 aliphatic carbocycles. The fourth-order valence-electron chi connectivity index (χ4n) is 0.752. The Balaban J connectivity index is 3.28. The van der Waals surface area contributed by atoms with E-state index in [1.54, 1.807) is 6.07 Å². The Hall–Kier alpha value is -2.09. The number of nitro benzene ring substituents is 1. The van der Waals surface area contributed by atoms with Gasteiger partial charge in [-0.1, -0.05) is 0 Å². The maximum absolute atomic E-state index is 10.3. The summed E-state index contributed by atoms with van der Waals surface area (Å²) >= 11 is 0. The van der Waals surface area contributed by atoms with Gasteiger partial charge < -0.3 is 0 Å². The van der Waals surface area contributed by atoms with Crippen molar-refractivity contribution in [2.45, 2.75) is 0 Å². The maximum Gasteiger partial charge on any atom is 0.295 e. The molecular weight excluding hydrogens is 158 g/mol. The summed E-state index contributed by atoms with van der Waals surface area (Å²) in [7, 11) is 0. The highest BCUT2D eigenvalue weighted by atomic mass is 16.6. The molecule has 1 rings (SSSR count). The van der Waals surface area contributed by atoms with Gasteiger partial charge in [-0.3, -0.25) is 15.8 Å².